The zero-order valence-electron chi connectivity index (χ0n) is 13.3. The van der Waals surface area contributed by atoms with Crippen molar-refractivity contribution in [3.63, 3.8) is 0 Å². The van der Waals surface area contributed by atoms with Crippen LogP contribution in [-0.4, -0.2) is 52.9 Å². The Morgan fingerprint density at radius 1 is 1.38 bits per heavy atom. The number of rotatable bonds is 4. The Balaban J connectivity index is 1.72. The number of aromatic nitrogens is 2. The van der Waals surface area contributed by atoms with Crippen LogP contribution in [0, 0.1) is 0 Å². The van der Waals surface area contributed by atoms with E-state index in [-0.39, 0.29) is 24.4 Å². The van der Waals surface area contributed by atoms with Gasteiger partial charge in [-0.25, -0.2) is 9.97 Å². The molecule has 0 spiro atoms. The number of halogens is 1. The fourth-order valence-corrected chi connectivity index (χ4v) is 3.10. The Kier molecular flexibility index (Phi) is 4.80. The van der Waals surface area contributed by atoms with E-state index in [2.05, 4.69) is 20.6 Å². The number of nitrogens with one attached hydrogen (secondary N) is 2. The number of amides is 2. The second-order valence-electron chi connectivity index (χ2n) is 5.60. The van der Waals surface area contributed by atoms with Gasteiger partial charge in [-0.15, -0.1) is 0 Å². The van der Waals surface area contributed by atoms with Crippen molar-refractivity contribution in [2.75, 3.05) is 25.5 Å². The van der Waals surface area contributed by atoms with E-state index in [1.807, 2.05) is 6.07 Å². The van der Waals surface area contributed by atoms with Crippen molar-refractivity contribution in [3.05, 3.63) is 29.5 Å². The Morgan fingerprint density at radius 3 is 3.00 bits per heavy atom. The van der Waals surface area contributed by atoms with Crippen LogP contribution in [0.5, 0.6) is 0 Å². The second-order valence-corrected chi connectivity index (χ2v) is 6.03. The predicted molar refractivity (Wildman–Crippen MR) is 91.8 cm³/mol. The van der Waals surface area contributed by atoms with Crippen LogP contribution < -0.4 is 10.6 Å². The monoisotopic (exact) mass is 347 g/mol. The lowest BCUT2D eigenvalue weighted by Gasteiger charge is -2.23. The van der Waals surface area contributed by atoms with Gasteiger partial charge in [0, 0.05) is 24.0 Å². The first-order chi connectivity index (χ1) is 11.6. The molecule has 1 saturated heterocycles. The minimum Gasteiger partial charge on any atom is -0.360 e. The molecular formula is C16H18ClN5O2. The number of anilines is 1. The maximum atomic E-state index is 12.5. The Bertz CT molecular complexity index is 782. The highest BCUT2D eigenvalue weighted by Gasteiger charge is 2.33. The molecule has 7 nitrogen and oxygen atoms in total. The molecule has 0 aliphatic carbocycles. The number of likely N-dealkylation sites (tertiary alicyclic amines) is 1. The predicted octanol–water partition coefficient (Wildman–Crippen LogP) is 1.43. The van der Waals surface area contributed by atoms with Crippen LogP contribution in [0.2, 0.25) is 5.02 Å². The zero-order chi connectivity index (χ0) is 17.1. The van der Waals surface area contributed by atoms with Crippen LogP contribution in [0.4, 0.5) is 5.82 Å². The number of carbonyl (C=O) groups is 2. The van der Waals surface area contributed by atoms with Crippen molar-refractivity contribution in [1.29, 1.82) is 0 Å². The van der Waals surface area contributed by atoms with Gasteiger partial charge in [0.1, 0.15) is 18.2 Å². The highest BCUT2D eigenvalue weighted by atomic mass is 35.5. The molecule has 2 aromatic rings. The van der Waals surface area contributed by atoms with Gasteiger partial charge >= 0.3 is 0 Å². The number of carbonyl (C=O) groups excluding carboxylic acids is 2. The molecule has 2 N–H and O–H groups in total. The maximum absolute atomic E-state index is 12.5. The van der Waals surface area contributed by atoms with Gasteiger partial charge in [0.15, 0.2) is 0 Å². The first kappa shape index (κ1) is 16.4. The van der Waals surface area contributed by atoms with Crippen molar-refractivity contribution in [3.8, 4) is 0 Å². The van der Waals surface area contributed by atoms with Crippen molar-refractivity contribution in [1.82, 2.24) is 20.2 Å². The van der Waals surface area contributed by atoms with Gasteiger partial charge in [0.25, 0.3) is 0 Å². The van der Waals surface area contributed by atoms with Crippen LogP contribution in [0.25, 0.3) is 10.9 Å². The molecule has 0 radical (unpaired) electrons. The highest BCUT2D eigenvalue weighted by Crippen LogP contribution is 2.23. The molecule has 2 amide bonds. The molecule has 126 valence electrons. The summed E-state index contributed by atoms with van der Waals surface area (Å²) in [6.07, 6.45) is 2.95. The molecule has 8 heteroatoms. The summed E-state index contributed by atoms with van der Waals surface area (Å²) in [5.41, 5.74) is 0.705. The minimum absolute atomic E-state index is 0.0717. The lowest BCUT2D eigenvalue weighted by Crippen LogP contribution is -2.46. The molecule has 2 heterocycles. The molecule has 1 aromatic heterocycles. The third-order valence-electron chi connectivity index (χ3n) is 4.13. The largest absolute Gasteiger partial charge is 0.360 e. The SMILES string of the molecule is CNC(=O)C1CCCN1C(=O)CNc1ncnc2cc(Cl)ccc12. The molecule has 0 bridgehead atoms. The van der Waals surface area contributed by atoms with Crippen LogP contribution in [0.3, 0.4) is 0 Å². The van der Waals surface area contributed by atoms with Crippen molar-refractivity contribution in [2.24, 2.45) is 0 Å². The van der Waals surface area contributed by atoms with E-state index in [1.54, 1.807) is 24.1 Å². The van der Waals surface area contributed by atoms with E-state index in [0.29, 0.717) is 29.3 Å². The van der Waals surface area contributed by atoms with Crippen LogP contribution in [0.1, 0.15) is 12.8 Å². The first-order valence-electron chi connectivity index (χ1n) is 7.75. The molecular weight excluding hydrogens is 330 g/mol. The zero-order valence-corrected chi connectivity index (χ0v) is 14.0. The number of hydrogen-bond donors (Lipinski definition) is 2. The summed E-state index contributed by atoms with van der Waals surface area (Å²) in [5.74, 6) is 0.325. The van der Waals surface area contributed by atoms with E-state index >= 15 is 0 Å². The molecule has 1 aromatic carbocycles. The van der Waals surface area contributed by atoms with Gasteiger partial charge in [-0.05, 0) is 31.0 Å². The summed E-state index contributed by atoms with van der Waals surface area (Å²) in [4.78, 5) is 34.3. The summed E-state index contributed by atoms with van der Waals surface area (Å²) in [6, 6.07) is 4.93. The number of benzene rings is 1. The average molecular weight is 348 g/mol. The summed E-state index contributed by atoms with van der Waals surface area (Å²) in [6.45, 7) is 0.668. The molecule has 1 fully saturated rings. The smallest absolute Gasteiger partial charge is 0.242 e. The van der Waals surface area contributed by atoms with E-state index in [0.717, 1.165) is 11.8 Å². The van der Waals surface area contributed by atoms with E-state index in [1.165, 1.54) is 6.33 Å². The van der Waals surface area contributed by atoms with Crippen LogP contribution in [-0.2, 0) is 9.59 Å². The van der Waals surface area contributed by atoms with Crippen LogP contribution in [0.15, 0.2) is 24.5 Å². The minimum atomic E-state index is -0.384. The van der Waals surface area contributed by atoms with Gasteiger partial charge < -0.3 is 15.5 Å². The lowest BCUT2D eigenvalue weighted by molar-refractivity contribution is -0.136. The highest BCUT2D eigenvalue weighted by molar-refractivity contribution is 6.31. The Morgan fingerprint density at radius 2 is 2.21 bits per heavy atom. The fourth-order valence-electron chi connectivity index (χ4n) is 2.94. The average Bonchev–Trinajstić information content (AvgIpc) is 3.08. The number of fused-ring (bicyclic) bond motifs is 1. The summed E-state index contributed by atoms with van der Waals surface area (Å²) in [7, 11) is 1.58. The second kappa shape index (κ2) is 7.00. The Labute approximate surface area is 144 Å². The standard InChI is InChI=1S/C16H18ClN5O2/c1-18-16(24)13-3-2-6-22(13)14(23)8-19-15-11-5-4-10(17)7-12(11)20-9-21-15/h4-5,7,9,13H,2-3,6,8H2,1H3,(H,18,24)(H,19,20,21). The van der Waals surface area contributed by atoms with Gasteiger partial charge in [-0.3, -0.25) is 9.59 Å². The molecule has 3 rings (SSSR count). The van der Waals surface area contributed by atoms with Crippen molar-refractivity contribution < 1.29 is 9.59 Å². The van der Waals surface area contributed by atoms with Crippen molar-refractivity contribution in [2.45, 2.75) is 18.9 Å². The maximum Gasteiger partial charge on any atom is 0.242 e. The fraction of sp³-hybridized carbons (Fsp3) is 0.375. The van der Waals surface area contributed by atoms with E-state index < -0.39 is 0 Å². The molecule has 1 aliphatic rings. The van der Waals surface area contributed by atoms with Gasteiger partial charge in [-0.2, -0.15) is 0 Å². The first-order valence-corrected chi connectivity index (χ1v) is 8.13. The number of likely N-dealkylation sites (N-methyl/N-ethyl adjacent to an activating group) is 1. The van der Waals surface area contributed by atoms with Gasteiger partial charge in [0.05, 0.1) is 12.1 Å². The normalized spacial score (nSPS) is 17.1. The summed E-state index contributed by atoms with van der Waals surface area (Å²) in [5, 5.41) is 7.03. The van der Waals surface area contributed by atoms with Gasteiger partial charge in [0.2, 0.25) is 11.8 Å². The van der Waals surface area contributed by atoms with Gasteiger partial charge in [-0.1, -0.05) is 11.6 Å². The third kappa shape index (κ3) is 3.26. The van der Waals surface area contributed by atoms with E-state index in [4.69, 9.17) is 11.6 Å². The van der Waals surface area contributed by atoms with Crippen molar-refractivity contribution >= 4 is 40.1 Å². The summed E-state index contributed by atoms with van der Waals surface area (Å²) < 4.78 is 0. The number of nitrogens with zero attached hydrogens (tertiary/aromatic N) is 3. The third-order valence-corrected chi connectivity index (χ3v) is 4.36. The van der Waals surface area contributed by atoms with Crippen LogP contribution >= 0.6 is 11.6 Å². The molecule has 1 aliphatic heterocycles. The summed E-state index contributed by atoms with van der Waals surface area (Å²) >= 11 is 5.96. The molecule has 1 atom stereocenters. The molecule has 1 unspecified atom stereocenters. The quantitative estimate of drug-likeness (QED) is 0.873. The molecule has 0 saturated carbocycles. The topological polar surface area (TPSA) is 87.2 Å². The lowest BCUT2D eigenvalue weighted by atomic mass is 10.2. The molecule has 24 heavy (non-hydrogen) atoms. The number of hydrogen-bond acceptors (Lipinski definition) is 5. The van der Waals surface area contributed by atoms with E-state index in [9.17, 15) is 9.59 Å². The Hall–Kier alpha value is -2.41.